The number of aromatic nitrogens is 1. The van der Waals surface area contributed by atoms with Crippen LogP contribution in [0.4, 0.5) is 0 Å². The van der Waals surface area contributed by atoms with Gasteiger partial charge in [-0.15, -0.1) is 11.8 Å². The van der Waals surface area contributed by atoms with Crippen molar-refractivity contribution in [3.8, 4) is 0 Å². The highest BCUT2D eigenvalue weighted by Gasteiger charge is 2.23. The first kappa shape index (κ1) is 19.0. The van der Waals surface area contributed by atoms with Gasteiger partial charge in [-0.05, 0) is 56.0 Å². The van der Waals surface area contributed by atoms with Gasteiger partial charge in [0.15, 0.2) is 0 Å². The number of aryl methyl sites for hydroxylation is 1. The molecule has 1 saturated heterocycles. The van der Waals surface area contributed by atoms with Gasteiger partial charge in [-0.3, -0.25) is 9.78 Å². The highest BCUT2D eigenvalue weighted by molar-refractivity contribution is 8.00. The zero-order chi connectivity index (χ0) is 18.8. The second-order valence-corrected chi connectivity index (χ2v) is 8.76. The summed E-state index contributed by atoms with van der Waals surface area (Å²) in [5, 5.41) is 1.82. The number of carbonyl (C=O) groups is 1. The monoisotopic (exact) mass is 403 g/mol. The van der Waals surface area contributed by atoms with Crippen LogP contribution in [0.3, 0.4) is 0 Å². The van der Waals surface area contributed by atoms with Gasteiger partial charge in [-0.2, -0.15) is 0 Å². The minimum Gasteiger partial charge on any atom is -0.339 e. The number of rotatable bonds is 4. The van der Waals surface area contributed by atoms with Gasteiger partial charge < -0.3 is 9.80 Å². The van der Waals surface area contributed by atoms with Crippen LogP contribution in [-0.2, 0) is 17.6 Å². The average Bonchev–Trinajstić information content (AvgIpc) is 2.71. The molecule has 1 aromatic heterocycles. The Morgan fingerprint density at radius 3 is 2.74 bits per heavy atom. The lowest BCUT2D eigenvalue weighted by molar-refractivity contribution is -0.130. The molecule has 0 saturated carbocycles. The molecular formula is C21H26ClN3OS. The van der Waals surface area contributed by atoms with Crippen molar-refractivity contribution in [2.24, 2.45) is 0 Å². The number of piperazine rings is 1. The summed E-state index contributed by atoms with van der Waals surface area (Å²) in [4.78, 5) is 23.3. The Morgan fingerprint density at radius 1 is 1.19 bits per heavy atom. The third-order valence-corrected chi connectivity index (χ3v) is 7.06. The van der Waals surface area contributed by atoms with Gasteiger partial charge in [0.05, 0.1) is 11.3 Å². The maximum absolute atomic E-state index is 12.8. The molecule has 0 radical (unpaired) electrons. The molecule has 1 fully saturated rings. The Morgan fingerprint density at radius 2 is 1.96 bits per heavy atom. The number of hydrogen-bond donors (Lipinski definition) is 0. The molecule has 1 aliphatic carbocycles. The summed E-state index contributed by atoms with van der Waals surface area (Å²) in [6, 6.07) is 5.91. The number of fused-ring (bicyclic) bond motifs is 2. The molecule has 0 N–H and O–H groups in total. The van der Waals surface area contributed by atoms with Crippen LogP contribution in [0.15, 0.2) is 23.1 Å². The van der Waals surface area contributed by atoms with E-state index in [0.29, 0.717) is 5.75 Å². The molecule has 4 rings (SSSR count). The predicted octanol–water partition coefficient (Wildman–Crippen LogP) is 4.02. The quantitative estimate of drug-likeness (QED) is 0.722. The molecule has 1 aliphatic heterocycles. The first-order valence-corrected chi connectivity index (χ1v) is 11.3. The largest absolute Gasteiger partial charge is 0.339 e. The normalized spacial score (nSPS) is 17.9. The van der Waals surface area contributed by atoms with E-state index >= 15 is 0 Å². The van der Waals surface area contributed by atoms with Crippen molar-refractivity contribution in [3.63, 3.8) is 0 Å². The summed E-state index contributed by atoms with van der Waals surface area (Å²) in [6.07, 6.45) is 4.48. The summed E-state index contributed by atoms with van der Waals surface area (Å²) in [5.41, 5.74) is 3.54. The number of nitrogens with zero attached hydrogens (tertiary/aromatic N) is 3. The van der Waals surface area contributed by atoms with E-state index in [1.54, 1.807) is 11.8 Å². The molecule has 0 atom stereocenters. The van der Waals surface area contributed by atoms with Crippen molar-refractivity contribution in [1.82, 2.24) is 14.8 Å². The Balaban J connectivity index is 1.56. The number of benzene rings is 1. The summed E-state index contributed by atoms with van der Waals surface area (Å²) < 4.78 is 0. The molecule has 144 valence electrons. The Bertz CT molecular complexity index is 849. The fourth-order valence-corrected chi connectivity index (χ4v) is 5.39. The van der Waals surface area contributed by atoms with Gasteiger partial charge in [0, 0.05) is 47.2 Å². The standard InChI is InChI=1S/C21H26ClN3OS/c1-2-24-9-11-25(12-10-24)20(26)14-27-21-16-5-3-4-6-18(16)23-19-8-7-15(22)13-17(19)21/h7-8,13H,2-6,9-12,14H2,1H3. The lowest BCUT2D eigenvalue weighted by atomic mass is 9.94. The Hall–Kier alpha value is -1.30. The third-order valence-electron chi connectivity index (χ3n) is 5.68. The van der Waals surface area contributed by atoms with Crippen LogP contribution >= 0.6 is 23.4 Å². The number of thioether (sulfide) groups is 1. The van der Waals surface area contributed by atoms with Crippen LogP contribution in [0.25, 0.3) is 10.9 Å². The van der Waals surface area contributed by atoms with Crippen molar-refractivity contribution < 1.29 is 4.79 Å². The summed E-state index contributed by atoms with van der Waals surface area (Å²) in [6.45, 7) is 6.89. The molecule has 2 aromatic rings. The molecular weight excluding hydrogens is 378 g/mol. The number of carbonyl (C=O) groups excluding carboxylic acids is 1. The molecule has 0 unspecified atom stereocenters. The van der Waals surface area contributed by atoms with Gasteiger partial charge in [0.1, 0.15) is 0 Å². The smallest absolute Gasteiger partial charge is 0.233 e. The second-order valence-electron chi connectivity index (χ2n) is 7.34. The fraction of sp³-hybridized carbons (Fsp3) is 0.524. The van der Waals surface area contributed by atoms with Crippen LogP contribution in [0, 0.1) is 0 Å². The highest BCUT2D eigenvalue weighted by Crippen LogP contribution is 2.37. The number of hydrogen-bond acceptors (Lipinski definition) is 4. The molecule has 4 nitrogen and oxygen atoms in total. The van der Waals surface area contributed by atoms with Gasteiger partial charge in [-0.1, -0.05) is 18.5 Å². The first-order chi connectivity index (χ1) is 13.2. The molecule has 2 aliphatic rings. The van der Waals surface area contributed by atoms with E-state index in [2.05, 4.69) is 11.8 Å². The zero-order valence-corrected chi connectivity index (χ0v) is 17.4. The second kappa shape index (κ2) is 8.38. The molecule has 0 bridgehead atoms. The van der Waals surface area contributed by atoms with E-state index in [4.69, 9.17) is 16.6 Å². The first-order valence-electron chi connectivity index (χ1n) is 9.89. The van der Waals surface area contributed by atoms with E-state index in [9.17, 15) is 4.79 Å². The fourth-order valence-electron chi connectivity index (χ4n) is 4.06. The Labute approximate surface area is 170 Å². The van der Waals surface area contributed by atoms with Crippen LogP contribution < -0.4 is 0 Å². The summed E-state index contributed by atoms with van der Waals surface area (Å²) in [7, 11) is 0. The average molecular weight is 404 g/mol. The zero-order valence-electron chi connectivity index (χ0n) is 15.8. The topological polar surface area (TPSA) is 36.4 Å². The van der Waals surface area contributed by atoms with Gasteiger partial charge in [-0.25, -0.2) is 0 Å². The lowest BCUT2D eigenvalue weighted by Crippen LogP contribution is -2.49. The maximum atomic E-state index is 12.8. The number of amides is 1. The van der Waals surface area contributed by atoms with Crippen molar-refractivity contribution >= 4 is 40.2 Å². The van der Waals surface area contributed by atoms with Crippen molar-refractivity contribution in [3.05, 3.63) is 34.5 Å². The van der Waals surface area contributed by atoms with Crippen LogP contribution in [-0.4, -0.2) is 59.2 Å². The molecule has 0 spiro atoms. The molecule has 6 heteroatoms. The number of likely N-dealkylation sites (N-methyl/N-ethyl adjacent to an activating group) is 1. The molecule has 27 heavy (non-hydrogen) atoms. The van der Waals surface area contributed by atoms with E-state index in [1.165, 1.54) is 29.0 Å². The van der Waals surface area contributed by atoms with Gasteiger partial charge >= 0.3 is 0 Å². The van der Waals surface area contributed by atoms with E-state index in [-0.39, 0.29) is 5.91 Å². The van der Waals surface area contributed by atoms with E-state index < -0.39 is 0 Å². The minimum atomic E-state index is 0.243. The van der Waals surface area contributed by atoms with Crippen molar-refractivity contribution in [2.45, 2.75) is 37.5 Å². The van der Waals surface area contributed by atoms with Gasteiger partial charge in [0.25, 0.3) is 0 Å². The predicted molar refractivity (Wildman–Crippen MR) is 113 cm³/mol. The lowest BCUT2D eigenvalue weighted by Gasteiger charge is -2.34. The van der Waals surface area contributed by atoms with Crippen molar-refractivity contribution in [1.29, 1.82) is 0 Å². The highest BCUT2D eigenvalue weighted by atomic mass is 35.5. The van der Waals surface area contributed by atoms with E-state index in [0.717, 1.165) is 61.5 Å². The SMILES string of the molecule is CCN1CCN(C(=O)CSc2c3c(nc4ccc(Cl)cc24)CCCC3)CC1. The molecule has 1 amide bonds. The summed E-state index contributed by atoms with van der Waals surface area (Å²) >= 11 is 7.95. The number of pyridine rings is 1. The van der Waals surface area contributed by atoms with Crippen LogP contribution in [0.5, 0.6) is 0 Å². The minimum absolute atomic E-state index is 0.243. The van der Waals surface area contributed by atoms with Crippen molar-refractivity contribution in [2.75, 3.05) is 38.5 Å². The Kier molecular flexibility index (Phi) is 5.90. The third kappa shape index (κ3) is 4.10. The molecule has 1 aromatic carbocycles. The summed E-state index contributed by atoms with van der Waals surface area (Å²) in [5.74, 6) is 0.733. The van der Waals surface area contributed by atoms with Gasteiger partial charge in [0.2, 0.25) is 5.91 Å². The number of halogens is 1. The van der Waals surface area contributed by atoms with E-state index in [1.807, 2.05) is 23.1 Å². The van der Waals surface area contributed by atoms with Crippen LogP contribution in [0.1, 0.15) is 31.0 Å². The van der Waals surface area contributed by atoms with Crippen LogP contribution in [0.2, 0.25) is 5.02 Å². The molecule has 2 heterocycles. The maximum Gasteiger partial charge on any atom is 0.233 e.